The lowest BCUT2D eigenvalue weighted by molar-refractivity contribution is 0.102. The van der Waals surface area contributed by atoms with Gasteiger partial charge in [0.2, 0.25) is 5.89 Å². The minimum atomic E-state index is -0.310. The summed E-state index contributed by atoms with van der Waals surface area (Å²) in [6.07, 6.45) is 0. The van der Waals surface area contributed by atoms with E-state index in [-0.39, 0.29) is 16.9 Å². The highest BCUT2D eigenvalue weighted by Crippen LogP contribution is 2.25. The number of hydrogen-bond acceptors (Lipinski definition) is 3. The summed E-state index contributed by atoms with van der Waals surface area (Å²) in [4.78, 5) is 16.0. The Balaban J connectivity index is 2.06. The molecular weight excluding hydrogens is 325 g/mol. The van der Waals surface area contributed by atoms with Gasteiger partial charge in [0.15, 0.2) is 11.4 Å². The van der Waals surface area contributed by atoms with Gasteiger partial charge in [0.25, 0.3) is 0 Å². The summed E-state index contributed by atoms with van der Waals surface area (Å²) in [6.45, 7) is 0. The molecule has 100 valence electrons. The highest BCUT2D eigenvalue weighted by Gasteiger charge is 2.11. The number of nitrogens with zero attached hydrogens (tertiary/aromatic N) is 1. The van der Waals surface area contributed by atoms with Gasteiger partial charge in [-0.25, -0.2) is 9.37 Å². The lowest BCUT2D eigenvalue weighted by Crippen LogP contribution is -1.98. The van der Waals surface area contributed by atoms with Crippen LogP contribution >= 0.6 is 15.9 Å². The maximum Gasteiger partial charge on any atom is 0.227 e. The molecule has 0 aliphatic carbocycles. The molecule has 0 spiro atoms. The third-order valence-corrected chi connectivity index (χ3v) is 3.43. The van der Waals surface area contributed by atoms with Crippen LogP contribution in [0, 0.1) is 5.82 Å². The van der Waals surface area contributed by atoms with Crippen LogP contribution in [0.3, 0.4) is 0 Å². The van der Waals surface area contributed by atoms with E-state index in [4.69, 9.17) is 4.42 Å². The molecule has 20 heavy (non-hydrogen) atoms. The first kappa shape index (κ1) is 13.0. The van der Waals surface area contributed by atoms with Crippen LogP contribution in [0.15, 0.2) is 46.9 Å². The summed E-state index contributed by atoms with van der Waals surface area (Å²) in [5.74, 6) is 0.0803. The van der Waals surface area contributed by atoms with E-state index in [9.17, 15) is 9.18 Å². The second kappa shape index (κ2) is 5.17. The number of carbonyl (C=O) groups is 1. The Kier molecular flexibility index (Phi) is 3.36. The monoisotopic (exact) mass is 333 g/mol. The van der Waals surface area contributed by atoms with E-state index >= 15 is 0 Å². The Morgan fingerprint density at radius 3 is 2.65 bits per heavy atom. The molecule has 0 amide bonds. The summed E-state index contributed by atoms with van der Waals surface area (Å²) < 4.78 is 18.5. The lowest BCUT2D eigenvalue weighted by Gasteiger charge is -1.94. The van der Waals surface area contributed by atoms with Crippen LogP contribution in [0.5, 0.6) is 0 Å². The maximum absolute atomic E-state index is 12.9. The normalized spacial score (nSPS) is 10.9. The molecule has 3 rings (SSSR count). The van der Waals surface area contributed by atoms with Crippen molar-refractivity contribution in [1.29, 1.82) is 0 Å². The number of hydrogen-bond donors (Lipinski definition) is 0. The van der Waals surface area contributed by atoms with E-state index in [1.807, 2.05) is 0 Å². The molecule has 0 saturated heterocycles. The Morgan fingerprint density at radius 1 is 1.20 bits per heavy atom. The Hall–Kier alpha value is -2.01. The van der Waals surface area contributed by atoms with Gasteiger partial charge in [0.1, 0.15) is 11.3 Å². The molecule has 0 fully saturated rings. The fourth-order valence-corrected chi connectivity index (χ4v) is 2.22. The van der Waals surface area contributed by atoms with Crippen molar-refractivity contribution in [3.05, 3.63) is 53.8 Å². The maximum atomic E-state index is 12.9. The van der Waals surface area contributed by atoms with Crippen LogP contribution in [0.2, 0.25) is 0 Å². The fourth-order valence-electron chi connectivity index (χ4n) is 1.89. The topological polar surface area (TPSA) is 43.1 Å². The zero-order valence-electron chi connectivity index (χ0n) is 10.3. The molecule has 5 heteroatoms. The van der Waals surface area contributed by atoms with Gasteiger partial charge in [-0.15, -0.1) is 0 Å². The minimum absolute atomic E-state index is 0.0155. The van der Waals surface area contributed by atoms with Crippen molar-refractivity contribution in [2.24, 2.45) is 0 Å². The predicted octanol–water partition coefficient (Wildman–Crippen LogP) is 4.21. The standard InChI is InChI=1S/C15H9BrFNO2/c16-8-13(19)10-3-6-14-12(7-10)18-15(20-14)9-1-4-11(17)5-2-9/h1-7H,8H2. The quantitative estimate of drug-likeness (QED) is 0.532. The third-order valence-electron chi connectivity index (χ3n) is 2.92. The van der Waals surface area contributed by atoms with E-state index in [1.165, 1.54) is 12.1 Å². The van der Waals surface area contributed by atoms with Gasteiger partial charge in [-0.1, -0.05) is 15.9 Å². The van der Waals surface area contributed by atoms with Crippen molar-refractivity contribution < 1.29 is 13.6 Å². The van der Waals surface area contributed by atoms with E-state index in [2.05, 4.69) is 20.9 Å². The number of ketones is 1. The molecule has 1 heterocycles. The number of halogens is 2. The van der Waals surface area contributed by atoms with Gasteiger partial charge in [0, 0.05) is 11.1 Å². The second-order valence-electron chi connectivity index (χ2n) is 4.27. The van der Waals surface area contributed by atoms with Crippen LogP contribution in [0.25, 0.3) is 22.6 Å². The molecular formula is C15H9BrFNO2. The molecule has 2 aromatic carbocycles. The molecule has 0 bridgehead atoms. The molecule has 0 aliphatic rings. The van der Waals surface area contributed by atoms with Crippen LogP contribution in [0.1, 0.15) is 10.4 Å². The first-order chi connectivity index (χ1) is 9.67. The van der Waals surface area contributed by atoms with E-state index in [1.54, 1.807) is 30.3 Å². The number of oxazole rings is 1. The van der Waals surface area contributed by atoms with E-state index in [0.29, 0.717) is 28.1 Å². The van der Waals surface area contributed by atoms with Crippen LogP contribution in [0.4, 0.5) is 4.39 Å². The van der Waals surface area contributed by atoms with Gasteiger partial charge < -0.3 is 4.42 Å². The van der Waals surface area contributed by atoms with Gasteiger partial charge in [-0.05, 0) is 42.5 Å². The molecule has 0 saturated carbocycles. The average molecular weight is 334 g/mol. The number of alkyl halides is 1. The number of Topliss-reactive ketones (excluding diaryl/α,β-unsaturated/α-hetero) is 1. The van der Waals surface area contributed by atoms with Crippen LogP contribution in [-0.2, 0) is 0 Å². The van der Waals surface area contributed by atoms with Crippen molar-refractivity contribution in [1.82, 2.24) is 4.98 Å². The smallest absolute Gasteiger partial charge is 0.227 e. The largest absolute Gasteiger partial charge is 0.436 e. The van der Waals surface area contributed by atoms with Crippen molar-refractivity contribution in [2.45, 2.75) is 0 Å². The highest BCUT2D eigenvalue weighted by atomic mass is 79.9. The number of rotatable bonds is 3. The molecule has 0 atom stereocenters. The van der Waals surface area contributed by atoms with Gasteiger partial charge in [0.05, 0.1) is 5.33 Å². The van der Waals surface area contributed by atoms with Gasteiger partial charge >= 0.3 is 0 Å². The fraction of sp³-hybridized carbons (Fsp3) is 0.0667. The Labute approximate surface area is 122 Å². The highest BCUT2D eigenvalue weighted by molar-refractivity contribution is 9.09. The molecule has 0 aliphatic heterocycles. The molecule has 0 unspecified atom stereocenters. The summed E-state index contributed by atoms with van der Waals surface area (Å²) in [7, 11) is 0. The minimum Gasteiger partial charge on any atom is -0.436 e. The van der Waals surface area contributed by atoms with Crippen LogP contribution in [-0.4, -0.2) is 16.1 Å². The SMILES string of the molecule is O=C(CBr)c1ccc2oc(-c3ccc(F)cc3)nc2c1. The zero-order valence-corrected chi connectivity index (χ0v) is 11.9. The van der Waals surface area contributed by atoms with Crippen molar-refractivity contribution in [3.8, 4) is 11.5 Å². The van der Waals surface area contributed by atoms with E-state index in [0.717, 1.165) is 0 Å². The Morgan fingerprint density at radius 2 is 1.95 bits per heavy atom. The molecule has 3 nitrogen and oxygen atoms in total. The summed E-state index contributed by atoms with van der Waals surface area (Å²) in [5.41, 5.74) is 2.47. The number of benzene rings is 2. The van der Waals surface area contributed by atoms with E-state index < -0.39 is 0 Å². The first-order valence-corrected chi connectivity index (χ1v) is 7.05. The summed E-state index contributed by atoms with van der Waals surface area (Å²) >= 11 is 3.14. The second-order valence-corrected chi connectivity index (χ2v) is 4.83. The third kappa shape index (κ3) is 2.36. The Bertz CT molecular complexity index is 780. The summed E-state index contributed by atoms with van der Waals surface area (Å²) in [6, 6.07) is 11.0. The van der Waals surface area contributed by atoms with Crippen LogP contribution < -0.4 is 0 Å². The lowest BCUT2D eigenvalue weighted by atomic mass is 10.1. The molecule has 0 N–H and O–H groups in total. The first-order valence-electron chi connectivity index (χ1n) is 5.93. The van der Waals surface area contributed by atoms with Crippen molar-refractivity contribution in [2.75, 3.05) is 5.33 Å². The zero-order chi connectivity index (χ0) is 14.1. The van der Waals surface area contributed by atoms with Gasteiger partial charge in [-0.2, -0.15) is 0 Å². The number of aromatic nitrogens is 1. The van der Waals surface area contributed by atoms with Gasteiger partial charge in [-0.3, -0.25) is 4.79 Å². The summed E-state index contributed by atoms with van der Waals surface area (Å²) in [5, 5.41) is 0.265. The van der Waals surface area contributed by atoms with Crippen molar-refractivity contribution in [3.63, 3.8) is 0 Å². The molecule has 0 radical (unpaired) electrons. The molecule has 1 aromatic heterocycles. The average Bonchev–Trinajstić information content (AvgIpc) is 2.90. The molecule has 3 aromatic rings. The predicted molar refractivity (Wildman–Crippen MR) is 77.5 cm³/mol. The van der Waals surface area contributed by atoms with Crippen molar-refractivity contribution >= 4 is 32.8 Å². The number of fused-ring (bicyclic) bond motifs is 1. The number of carbonyl (C=O) groups excluding carboxylic acids is 1.